The van der Waals surface area contributed by atoms with Crippen molar-refractivity contribution in [1.82, 2.24) is 5.32 Å². The van der Waals surface area contributed by atoms with Crippen molar-refractivity contribution in [3.8, 4) is 0 Å². The Balaban J connectivity index is 1.65. The zero-order chi connectivity index (χ0) is 14.7. The van der Waals surface area contributed by atoms with Gasteiger partial charge >= 0.3 is 0 Å². The van der Waals surface area contributed by atoms with Crippen LogP contribution >= 0.6 is 11.6 Å². The molecule has 2 aliphatic rings. The number of morpholine rings is 1. The third-order valence-corrected chi connectivity index (χ3v) is 5.30. The summed E-state index contributed by atoms with van der Waals surface area (Å²) in [6.45, 7) is 4.04. The highest BCUT2D eigenvalue weighted by Crippen LogP contribution is 2.41. The highest BCUT2D eigenvalue weighted by atomic mass is 35.5. The Morgan fingerprint density at radius 3 is 2.81 bits per heavy atom. The van der Waals surface area contributed by atoms with Crippen LogP contribution in [0.15, 0.2) is 18.2 Å². The zero-order valence-electron chi connectivity index (χ0n) is 13.0. The van der Waals surface area contributed by atoms with Gasteiger partial charge in [0.2, 0.25) is 0 Å². The lowest BCUT2D eigenvalue weighted by Gasteiger charge is -2.28. The highest BCUT2D eigenvalue weighted by Gasteiger charge is 2.47. The van der Waals surface area contributed by atoms with Gasteiger partial charge in [-0.3, -0.25) is 0 Å². The summed E-state index contributed by atoms with van der Waals surface area (Å²) in [7, 11) is 0. The van der Waals surface area contributed by atoms with Gasteiger partial charge in [0, 0.05) is 17.6 Å². The summed E-state index contributed by atoms with van der Waals surface area (Å²) >= 11 is 6.39. The van der Waals surface area contributed by atoms with Crippen LogP contribution in [0.2, 0.25) is 5.02 Å². The molecule has 21 heavy (non-hydrogen) atoms. The van der Waals surface area contributed by atoms with E-state index >= 15 is 0 Å². The molecular weight excluding hydrogens is 282 g/mol. The summed E-state index contributed by atoms with van der Waals surface area (Å²) in [6, 6.07) is 7.04. The Labute approximate surface area is 133 Å². The first-order valence-corrected chi connectivity index (χ1v) is 8.77. The Kier molecular flexibility index (Phi) is 4.88. The quantitative estimate of drug-likeness (QED) is 0.752. The van der Waals surface area contributed by atoms with Crippen LogP contribution in [0.1, 0.15) is 56.6 Å². The molecule has 0 amide bonds. The molecule has 0 radical (unpaired) electrons. The monoisotopic (exact) mass is 307 g/mol. The molecule has 0 saturated carbocycles. The predicted molar refractivity (Wildman–Crippen MR) is 88.0 cm³/mol. The summed E-state index contributed by atoms with van der Waals surface area (Å²) in [6.07, 6.45) is 8.71. The molecule has 0 aliphatic carbocycles. The molecule has 2 fully saturated rings. The summed E-state index contributed by atoms with van der Waals surface area (Å²) < 4.78 is 6.07. The standard InChI is InChI=1S/C18H26ClNO/c1-2-3-4-5-6-7-14-10-15(8-9-17(14)19)18-11-16(12-21-18)20-13-18/h8-10,16,20H,2-7,11-13H2,1H3. The van der Waals surface area contributed by atoms with Gasteiger partial charge in [-0.15, -0.1) is 0 Å². The highest BCUT2D eigenvalue weighted by molar-refractivity contribution is 6.31. The second kappa shape index (κ2) is 6.68. The maximum absolute atomic E-state index is 6.39. The second-order valence-corrected chi connectivity index (χ2v) is 6.96. The van der Waals surface area contributed by atoms with Gasteiger partial charge < -0.3 is 10.1 Å². The maximum atomic E-state index is 6.39. The SMILES string of the molecule is CCCCCCCc1cc(C23CNC(CO2)C3)ccc1Cl. The molecule has 2 atom stereocenters. The molecule has 2 heterocycles. The molecule has 1 aromatic rings. The lowest BCUT2D eigenvalue weighted by atomic mass is 9.90. The predicted octanol–water partition coefficient (Wildman–Crippen LogP) is 4.44. The van der Waals surface area contributed by atoms with Gasteiger partial charge in [0.1, 0.15) is 5.60 Å². The number of unbranched alkanes of at least 4 members (excludes halogenated alkanes) is 4. The molecule has 3 heteroatoms. The van der Waals surface area contributed by atoms with Crippen LogP contribution in [-0.2, 0) is 16.8 Å². The number of hydrogen-bond donors (Lipinski definition) is 1. The first kappa shape index (κ1) is 15.3. The minimum atomic E-state index is -0.0911. The molecule has 2 nitrogen and oxygen atoms in total. The average molecular weight is 308 g/mol. The van der Waals surface area contributed by atoms with Crippen LogP contribution in [0.3, 0.4) is 0 Å². The van der Waals surface area contributed by atoms with E-state index in [0.29, 0.717) is 6.04 Å². The van der Waals surface area contributed by atoms with E-state index in [1.807, 2.05) is 0 Å². The minimum absolute atomic E-state index is 0.0911. The molecule has 1 aromatic carbocycles. The lowest BCUT2D eigenvalue weighted by molar-refractivity contribution is -0.00963. The molecule has 1 N–H and O–H groups in total. The number of benzene rings is 1. The topological polar surface area (TPSA) is 21.3 Å². The fraction of sp³-hybridized carbons (Fsp3) is 0.667. The molecule has 2 unspecified atom stereocenters. The largest absolute Gasteiger partial charge is 0.367 e. The van der Waals surface area contributed by atoms with Crippen LogP contribution in [0, 0.1) is 0 Å². The third-order valence-electron chi connectivity index (χ3n) is 4.93. The van der Waals surface area contributed by atoms with E-state index < -0.39 is 0 Å². The van der Waals surface area contributed by atoms with E-state index in [9.17, 15) is 0 Å². The fourth-order valence-electron chi connectivity index (χ4n) is 3.61. The lowest BCUT2D eigenvalue weighted by Crippen LogP contribution is -2.37. The smallest absolute Gasteiger partial charge is 0.107 e. The molecule has 116 valence electrons. The fourth-order valence-corrected chi connectivity index (χ4v) is 3.82. The molecule has 0 aromatic heterocycles. The first-order valence-electron chi connectivity index (χ1n) is 8.40. The van der Waals surface area contributed by atoms with E-state index in [1.165, 1.54) is 43.2 Å². The van der Waals surface area contributed by atoms with Gasteiger partial charge in [-0.2, -0.15) is 0 Å². The average Bonchev–Trinajstić information content (AvgIpc) is 3.10. The van der Waals surface area contributed by atoms with Crippen molar-refractivity contribution in [2.24, 2.45) is 0 Å². The normalized spacial score (nSPS) is 27.4. The van der Waals surface area contributed by atoms with Crippen LogP contribution in [0.5, 0.6) is 0 Å². The number of hydrogen-bond acceptors (Lipinski definition) is 2. The van der Waals surface area contributed by atoms with Crippen molar-refractivity contribution in [1.29, 1.82) is 0 Å². The van der Waals surface area contributed by atoms with E-state index in [4.69, 9.17) is 16.3 Å². The van der Waals surface area contributed by atoms with Crippen LogP contribution in [-0.4, -0.2) is 19.2 Å². The van der Waals surface area contributed by atoms with Crippen molar-refractivity contribution < 1.29 is 4.74 Å². The zero-order valence-corrected chi connectivity index (χ0v) is 13.7. The second-order valence-electron chi connectivity index (χ2n) is 6.56. The van der Waals surface area contributed by atoms with Crippen LogP contribution < -0.4 is 5.32 Å². The summed E-state index contributed by atoms with van der Waals surface area (Å²) in [5, 5.41) is 4.45. The van der Waals surface area contributed by atoms with Gasteiger partial charge in [0.05, 0.1) is 6.61 Å². The van der Waals surface area contributed by atoms with Crippen molar-refractivity contribution in [2.45, 2.75) is 63.5 Å². The molecule has 3 rings (SSSR count). The van der Waals surface area contributed by atoms with Crippen LogP contribution in [0.4, 0.5) is 0 Å². The Hall–Kier alpha value is -0.570. The third kappa shape index (κ3) is 3.28. The summed E-state index contributed by atoms with van der Waals surface area (Å²) in [5.41, 5.74) is 2.51. The van der Waals surface area contributed by atoms with Crippen molar-refractivity contribution in [3.05, 3.63) is 34.3 Å². The maximum Gasteiger partial charge on any atom is 0.107 e. The Bertz CT molecular complexity index is 480. The van der Waals surface area contributed by atoms with E-state index in [2.05, 4.69) is 30.4 Å². The molecule has 2 saturated heterocycles. The molecule has 2 bridgehead atoms. The van der Waals surface area contributed by atoms with Gasteiger partial charge in [0.15, 0.2) is 0 Å². The van der Waals surface area contributed by atoms with Crippen molar-refractivity contribution in [2.75, 3.05) is 13.2 Å². The van der Waals surface area contributed by atoms with E-state index in [0.717, 1.165) is 31.0 Å². The number of fused-ring (bicyclic) bond motifs is 2. The Morgan fingerprint density at radius 2 is 2.14 bits per heavy atom. The van der Waals surface area contributed by atoms with Crippen molar-refractivity contribution >= 4 is 11.6 Å². The number of halogens is 1. The van der Waals surface area contributed by atoms with Gasteiger partial charge in [0.25, 0.3) is 0 Å². The summed E-state index contributed by atoms with van der Waals surface area (Å²) in [4.78, 5) is 0. The molecule has 0 spiro atoms. The van der Waals surface area contributed by atoms with E-state index in [1.54, 1.807) is 0 Å². The van der Waals surface area contributed by atoms with Gasteiger partial charge in [-0.05, 0) is 36.5 Å². The number of rotatable bonds is 7. The molecular formula is C18H26ClNO. The van der Waals surface area contributed by atoms with Gasteiger partial charge in [-0.25, -0.2) is 0 Å². The number of nitrogens with one attached hydrogen (secondary N) is 1. The summed E-state index contributed by atoms with van der Waals surface area (Å²) in [5.74, 6) is 0. The minimum Gasteiger partial charge on any atom is -0.367 e. The first-order chi connectivity index (χ1) is 10.2. The van der Waals surface area contributed by atoms with E-state index in [-0.39, 0.29) is 5.60 Å². The number of ether oxygens (including phenoxy) is 1. The van der Waals surface area contributed by atoms with Gasteiger partial charge in [-0.1, -0.05) is 56.3 Å². The number of aryl methyl sites for hydroxylation is 1. The molecule has 2 aliphatic heterocycles. The Morgan fingerprint density at radius 1 is 1.29 bits per heavy atom. The van der Waals surface area contributed by atoms with Crippen molar-refractivity contribution in [3.63, 3.8) is 0 Å². The van der Waals surface area contributed by atoms with Crippen LogP contribution in [0.25, 0.3) is 0 Å².